The van der Waals surface area contributed by atoms with Gasteiger partial charge in [-0.3, -0.25) is 4.39 Å². The van der Waals surface area contributed by atoms with Gasteiger partial charge in [0.1, 0.15) is 0 Å². The van der Waals surface area contributed by atoms with Gasteiger partial charge in [-0.1, -0.05) is 53.4 Å². The Morgan fingerprint density at radius 2 is 1.47 bits per heavy atom. The number of piperidine rings is 1. The number of hydrogen-bond donors (Lipinski definition) is 0. The molecule has 0 aromatic carbocycles. The molecule has 0 spiro atoms. The fourth-order valence-electron chi connectivity index (χ4n) is 2.96. The zero-order valence-electron chi connectivity index (χ0n) is 14.0. The van der Waals surface area contributed by atoms with Crippen molar-refractivity contribution < 1.29 is 4.39 Å². The SMILES string of the molecule is CCCCCCCN1CCC(C(C)(C)C)CC1.CF. The van der Waals surface area contributed by atoms with Crippen LogP contribution in [-0.2, 0) is 0 Å². The minimum Gasteiger partial charge on any atom is -0.303 e. The van der Waals surface area contributed by atoms with E-state index in [0.717, 1.165) is 5.92 Å². The van der Waals surface area contributed by atoms with Gasteiger partial charge in [-0.25, -0.2) is 0 Å². The molecule has 1 aliphatic heterocycles. The molecule has 0 amide bonds. The maximum atomic E-state index is 9.50. The zero-order valence-corrected chi connectivity index (χ0v) is 14.0. The first-order valence-electron chi connectivity index (χ1n) is 8.14. The first-order chi connectivity index (χ1) is 9.04. The molecular formula is C17H36FN. The molecule has 0 aliphatic carbocycles. The molecule has 0 aromatic heterocycles. The van der Waals surface area contributed by atoms with E-state index in [2.05, 4.69) is 32.6 Å². The Labute approximate surface area is 121 Å². The van der Waals surface area contributed by atoms with Crippen molar-refractivity contribution in [1.82, 2.24) is 4.90 Å². The molecule has 1 aliphatic rings. The lowest BCUT2D eigenvalue weighted by Crippen LogP contribution is -2.38. The molecular weight excluding hydrogens is 237 g/mol. The number of alkyl halides is 1. The van der Waals surface area contributed by atoms with E-state index >= 15 is 0 Å². The molecule has 0 bridgehead atoms. The normalized spacial score (nSPS) is 18.0. The minimum atomic E-state index is 0.500. The van der Waals surface area contributed by atoms with Gasteiger partial charge in [0.15, 0.2) is 0 Å². The highest BCUT2D eigenvalue weighted by molar-refractivity contribution is 4.80. The lowest BCUT2D eigenvalue weighted by atomic mass is 9.75. The van der Waals surface area contributed by atoms with Crippen LogP contribution in [0.1, 0.15) is 72.6 Å². The third-order valence-corrected chi connectivity index (χ3v) is 4.39. The summed E-state index contributed by atoms with van der Waals surface area (Å²) >= 11 is 0. The average Bonchev–Trinajstić information content (AvgIpc) is 2.40. The standard InChI is InChI=1S/C16H33N.CH3F/c1-5-6-7-8-9-12-17-13-10-15(11-14-17)16(2,3)4;1-2/h15H,5-14H2,1-4H3;1H3. The van der Waals surface area contributed by atoms with Crippen molar-refractivity contribution in [3.8, 4) is 0 Å². The average molecular weight is 273 g/mol. The van der Waals surface area contributed by atoms with E-state index in [9.17, 15) is 4.39 Å². The molecule has 0 aromatic rings. The van der Waals surface area contributed by atoms with Gasteiger partial charge in [0.25, 0.3) is 0 Å². The summed E-state index contributed by atoms with van der Waals surface area (Å²) in [7, 11) is 0.500. The van der Waals surface area contributed by atoms with Gasteiger partial charge in [0.05, 0.1) is 7.18 Å². The number of hydrogen-bond acceptors (Lipinski definition) is 1. The maximum Gasteiger partial charge on any atom is 0.0785 e. The molecule has 1 rings (SSSR count). The van der Waals surface area contributed by atoms with Gasteiger partial charge in [-0.05, 0) is 50.2 Å². The summed E-state index contributed by atoms with van der Waals surface area (Å²) in [6.07, 6.45) is 9.90. The van der Waals surface area contributed by atoms with Crippen LogP contribution in [0, 0.1) is 11.3 Å². The van der Waals surface area contributed by atoms with Gasteiger partial charge < -0.3 is 4.90 Å². The van der Waals surface area contributed by atoms with Gasteiger partial charge in [0.2, 0.25) is 0 Å². The minimum absolute atomic E-state index is 0.500. The maximum absolute atomic E-state index is 9.50. The lowest BCUT2D eigenvalue weighted by Gasteiger charge is -2.38. The largest absolute Gasteiger partial charge is 0.303 e. The Kier molecular flexibility index (Phi) is 10.6. The van der Waals surface area contributed by atoms with Crippen LogP contribution in [0.25, 0.3) is 0 Å². The highest BCUT2D eigenvalue weighted by atomic mass is 19.1. The van der Waals surface area contributed by atoms with E-state index in [1.807, 2.05) is 0 Å². The van der Waals surface area contributed by atoms with Crippen LogP contribution in [0.2, 0.25) is 0 Å². The van der Waals surface area contributed by atoms with Crippen LogP contribution < -0.4 is 0 Å². The Bertz CT molecular complexity index is 190. The molecule has 1 nitrogen and oxygen atoms in total. The monoisotopic (exact) mass is 273 g/mol. The molecule has 116 valence electrons. The summed E-state index contributed by atoms with van der Waals surface area (Å²) in [6, 6.07) is 0. The van der Waals surface area contributed by atoms with Gasteiger partial charge >= 0.3 is 0 Å². The van der Waals surface area contributed by atoms with Crippen molar-refractivity contribution in [1.29, 1.82) is 0 Å². The summed E-state index contributed by atoms with van der Waals surface area (Å²) in [5, 5.41) is 0. The second-order valence-corrected chi connectivity index (χ2v) is 6.90. The van der Waals surface area contributed by atoms with Crippen LogP contribution in [0.15, 0.2) is 0 Å². The third-order valence-electron chi connectivity index (χ3n) is 4.39. The number of halogens is 1. The van der Waals surface area contributed by atoms with E-state index in [1.165, 1.54) is 64.6 Å². The molecule has 1 saturated heterocycles. The highest BCUT2D eigenvalue weighted by Crippen LogP contribution is 2.34. The molecule has 1 heterocycles. The smallest absolute Gasteiger partial charge is 0.0785 e. The topological polar surface area (TPSA) is 3.24 Å². The fourth-order valence-corrected chi connectivity index (χ4v) is 2.96. The number of unbranched alkanes of at least 4 members (excludes halogenated alkanes) is 4. The molecule has 0 unspecified atom stereocenters. The Hall–Kier alpha value is -0.110. The van der Waals surface area contributed by atoms with Crippen LogP contribution in [0.3, 0.4) is 0 Å². The molecule has 0 N–H and O–H groups in total. The van der Waals surface area contributed by atoms with Crippen molar-refractivity contribution in [2.24, 2.45) is 11.3 Å². The van der Waals surface area contributed by atoms with Gasteiger partial charge in [-0.15, -0.1) is 0 Å². The summed E-state index contributed by atoms with van der Waals surface area (Å²) in [5.74, 6) is 0.943. The summed E-state index contributed by atoms with van der Waals surface area (Å²) < 4.78 is 9.50. The Morgan fingerprint density at radius 3 is 1.95 bits per heavy atom. The predicted octanol–water partition coefficient (Wildman–Crippen LogP) is 5.30. The van der Waals surface area contributed by atoms with E-state index in [4.69, 9.17) is 0 Å². The van der Waals surface area contributed by atoms with Crippen LogP contribution >= 0.6 is 0 Å². The van der Waals surface area contributed by atoms with Crippen molar-refractivity contribution in [3.63, 3.8) is 0 Å². The number of likely N-dealkylation sites (tertiary alicyclic amines) is 1. The molecule has 0 saturated carbocycles. The Morgan fingerprint density at radius 1 is 0.947 bits per heavy atom. The van der Waals surface area contributed by atoms with Gasteiger partial charge in [-0.2, -0.15) is 0 Å². The molecule has 0 radical (unpaired) electrons. The Balaban J connectivity index is 0.00000154. The first-order valence-corrected chi connectivity index (χ1v) is 8.14. The zero-order chi connectivity index (χ0) is 14.7. The van der Waals surface area contributed by atoms with Gasteiger partial charge in [0, 0.05) is 0 Å². The summed E-state index contributed by atoms with van der Waals surface area (Å²) in [5.41, 5.74) is 0.521. The van der Waals surface area contributed by atoms with Crippen molar-refractivity contribution in [3.05, 3.63) is 0 Å². The highest BCUT2D eigenvalue weighted by Gasteiger charge is 2.28. The number of nitrogens with zero attached hydrogens (tertiary/aromatic N) is 1. The second kappa shape index (κ2) is 10.7. The molecule has 1 fully saturated rings. The summed E-state index contributed by atoms with van der Waals surface area (Å²) in [6.45, 7) is 13.5. The van der Waals surface area contributed by atoms with Crippen LogP contribution in [-0.4, -0.2) is 31.7 Å². The van der Waals surface area contributed by atoms with Crippen LogP contribution in [0.5, 0.6) is 0 Å². The van der Waals surface area contributed by atoms with Crippen molar-refractivity contribution in [2.75, 3.05) is 26.8 Å². The quantitative estimate of drug-likeness (QED) is 0.593. The molecule has 19 heavy (non-hydrogen) atoms. The third kappa shape index (κ3) is 8.62. The van der Waals surface area contributed by atoms with E-state index in [-0.39, 0.29) is 0 Å². The summed E-state index contributed by atoms with van der Waals surface area (Å²) in [4.78, 5) is 2.69. The van der Waals surface area contributed by atoms with Crippen molar-refractivity contribution in [2.45, 2.75) is 72.6 Å². The molecule has 0 atom stereocenters. The second-order valence-electron chi connectivity index (χ2n) is 6.90. The van der Waals surface area contributed by atoms with Crippen LogP contribution in [0.4, 0.5) is 4.39 Å². The first kappa shape index (κ1) is 18.9. The van der Waals surface area contributed by atoms with E-state index in [1.54, 1.807) is 0 Å². The van der Waals surface area contributed by atoms with E-state index < -0.39 is 0 Å². The predicted molar refractivity (Wildman–Crippen MR) is 84.4 cm³/mol. The fraction of sp³-hybridized carbons (Fsp3) is 1.00. The van der Waals surface area contributed by atoms with E-state index in [0.29, 0.717) is 12.6 Å². The van der Waals surface area contributed by atoms with Crippen molar-refractivity contribution >= 4 is 0 Å². The molecule has 2 heteroatoms. The number of rotatable bonds is 6. The lowest BCUT2D eigenvalue weighted by molar-refractivity contribution is 0.111.